The number of hydrogen-bond donors (Lipinski definition) is 0. The van der Waals surface area contributed by atoms with Crippen LogP contribution in [0.4, 0.5) is 0 Å². The molecule has 2 aliphatic carbocycles. The first-order valence-corrected chi connectivity index (χ1v) is 15.2. The van der Waals surface area contributed by atoms with Gasteiger partial charge in [-0.15, -0.1) is 0 Å². The Morgan fingerprint density at radius 1 is 0.571 bits per heavy atom. The summed E-state index contributed by atoms with van der Waals surface area (Å²) >= 11 is 0. The van der Waals surface area contributed by atoms with Crippen LogP contribution in [0.3, 0.4) is 0 Å². The molecule has 1 aromatic heterocycles. The molecule has 35 heavy (non-hydrogen) atoms. The maximum atomic E-state index is 4.67. The number of hydrogen-bond acceptors (Lipinski definition) is 2. The minimum atomic E-state index is 0.614. The van der Waals surface area contributed by atoms with Crippen molar-refractivity contribution in [3.05, 3.63) is 47.7 Å². The van der Waals surface area contributed by atoms with E-state index in [-0.39, 0.29) is 0 Å². The molecule has 192 valence electrons. The van der Waals surface area contributed by atoms with Gasteiger partial charge in [0.05, 0.1) is 11.4 Å². The maximum absolute atomic E-state index is 4.67. The molecule has 0 amide bonds. The van der Waals surface area contributed by atoms with Crippen molar-refractivity contribution in [1.82, 2.24) is 10.2 Å². The molecule has 0 radical (unpaired) electrons. The van der Waals surface area contributed by atoms with Crippen LogP contribution >= 0.6 is 0 Å². The molecule has 4 rings (SSSR count). The highest BCUT2D eigenvalue weighted by molar-refractivity contribution is 5.59. The van der Waals surface area contributed by atoms with Crippen LogP contribution in [0.5, 0.6) is 0 Å². The topological polar surface area (TPSA) is 25.8 Å². The van der Waals surface area contributed by atoms with E-state index in [9.17, 15) is 0 Å². The SMILES string of the molecule is CCCCCCCC[C@H]1CC[C@H](c2ccc(-c3ccc([C@H]4CC[C@H](CCC)CC4)nn3)cc2)CC1. The third-order valence-electron chi connectivity index (χ3n) is 9.14. The lowest BCUT2D eigenvalue weighted by atomic mass is 9.77. The van der Waals surface area contributed by atoms with Crippen LogP contribution in [0.2, 0.25) is 0 Å². The molecule has 0 N–H and O–H groups in total. The Balaban J connectivity index is 1.21. The van der Waals surface area contributed by atoms with Crippen LogP contribution in [-0.4, -0.2) is 10.2 Å². The standard InChI is InChI=1S/C33H50N2/c1-3-5-6-7-8-9-11-27-12-16-28(17-13-27)29-20-22-31(23-21-29)33-25-24-32(34-35-33)30-18-14-26(10-4-2)15-19-30/h20-28,30H,3-19H2,1-2H3/t26-,27-,28-,30-. The molecular weight excluding hydrogens is 424 g/mol. The molecule has 2 aliphatic rings. The second-order valence-electron chi connectivity index (χ2n) is 11.7. The van der Waals surface area contributed by atoms with E-state index in [1.54, 1.807) is 0 Å². The van der Waals surface area contributed by atoms with Crippen LogP contribution < -0.4 is 0 Å². The van der Waals surface area contributed by atoms with Crippen molar-refractivity contribution in [3.63, 3.8) is 0 Å². The molecule has 0 spiro atoms. The van der Waals surface area contributed by atoms with E-state index in [0.29, 0.717) is 5.92 Å². The summed E-state index contributed by atoms with van der Waals surface area (Å²) < 4.78 is 0. The second kappa shape index (κ2) is 14.1. The summed E-state index contributed by atoms with van der Waals surface area (Å²) in [7, 11) is 0. The third-order valence-corrected chi connectivity index (χ3v) is 9.14. The highest BCUT2D eigenvalue weighted by Gasteiger charge is 2.24. The fourth-order valence-electron chi connectivity index (χ4n) is 6.79. The lowest BCUT2D eigenvalue weighted by Crippen LogP contribution is -2.14. The number of benzene rings is 1. The van der Waals surface area contributed by atoms with E-state index in [4.69, 9.17) is 0 Å². The minimum absolute atomic E-state index is 0.614. The van der Waals surface area contributed by atoms with Crippen molar-refractivity contribution in [2.45, 2.75) is 135 Å². The number of nitrogens with zero attached hydrogens (tertiary/aromatic N) is 2. The molecule has 2 aromatic rings. The van der Waals surface area contributed by atoms with Gasteiger partial charge in [-0.1, -0.05) is 95.9 Å². The Labute approximate surface area is 215 Å². The molecule has 1 aromatic carbocycles. The number of unbranched alkanes of at least 4 members (excludes halogenated alkanes) is 5. The van der Waals surface area contributed by atoms with Crippen molar-refractivity contribution < 1.29 is 0 Å². The molecule has 2 saturated carbocycles. The molecule has 2 fully saturated rings. The molecule has 0 saturated heterocycles. The Kier molecular flexibility index (Phi) is 10.7. The van der Waals surface area contributed by atoms with Gasteiger partial charge < -0.3 is 0 Å². The third kappa shape index (κ3) is 7.89. The van der Waals surface area contributed by atoms with E-state index in [2.05, 4.69) is 60.4 Å². The van der Waals surface area contributed by atoms with Gasteiger partial charge in [-0.2, -0.15) is 10.2 Å². The zero-order chi connectivity index (χ0) is 24.3. The highest BCUT2D eigenvalue weighted by atomic mass is 15.1. The second-order valence-corrected chi connectivity index (χ2v) is 11.7. The molecule has 1 heterocycles. The van der Waals surface area contributed by atoms with Crippen LogP contribution in [0.15, 0.2) is 36.4 Å². The summed E-state index contributed by atoms with van der Waals surface area (Å²) in [5.74, 6) is 3.29. The maximum Gasteiger partial charge on any atom is 0.0929 e. The van der Waals surface area contributed by atoms with Crippen molar-refractivity contribution in [2.75, 3.05) is 0 Å². The lowest BCUT2D eigenvalue weighted by molar-refractivity contribution is 0.302. The predicted octanol–water partition coefficient (Wildman–Crippen LogP) is 10.2. The normalized spacial score (nSPS) is 25.0. The van der Waals surface area contributed by atoms with E-state index in [1.807, 2.05) is 0 Å². The molecular formula is C33H50N2. The fourth-order valence-corrected chi connectivity index (χ4v) is 6.79. The van der Waals surface area contributed by atoms with Gasteiger partial charge in [-0.05, 0) is 86.8 Å². The summed E-state index contributed by atoms with van der Waals surface area (Å²) in [5, 5.41) is 9.30. The molecule has 2 nitrogen and oxygen atoms in total. The van der Waals surface area contributed by atoms with Gasteiger partial charge in [0.1, 0.15) is 0 Å². The number of aromatic nitrogens is 2. The molecule has 2 heteroatoms. The smallest absolute Gasteiger partial charge is 0.0929 e. The Bertz CT molecular complexity index is 824. The zero-order valence-electron chi connectivity index (χ0n) is 22.7. The average molecular weight is 475 g/mol. The summed E-state index contributed by atoms with van der Waals surface area (Å²) in [5.41, 5.74) is 4.96. The van der Waals surface area contributed by atoms with E-state index in [1.165, 1.54) is 126 Å². The lowest BCUT2D eigenvalue weighted by Gasteiger charge is -2.29. The van der Waals surface area contributed by atoms with E-state index in [0.717, 1.165) is 23.4 Å². The van der Waals surface area contributed by atoms with Gasteiger partial charge in [0.15, 0.2) is 0 Å². The quantitative estimate of drug-likeness (QED) is 0.286. The first kappa shape index (κ1) is 26.4. The molecule has 0 unspecified atom stereocenters. The Hall–Kier alpha value is -1.70. The minimum Gasteiger partial charge on any atom is -0.155 e. The fraction of sp³-hybridized carbons (Fsp3) is 0.697. The van der Waals surface area contributed by atoms with Crippen LogP contribution in [-0.2, 0) is 0 Å². The summed E-state index contributed by atoms with van der Waals surface area (Å²) in [6.45, 7) is 4.61. The summed E-state index contributed by atoms with van der Waals surface area (Å²) in [6.07, 6.45) is 23.6. The van der Waals surface area contributed by atoms with Gasteiger partial charge in [0.2, 0.25) is 0 Å². The molecule has 0 bridgehead atoms. The Morgan fingerprint density at radius 2 is 1.20 bits per heavy atom. The predicted molar refractivity (Wildman–Crippen MR) is 150 cm³/mol. The van der Waals surface area contributed by atoms with Gasteiger partial charge in [0.25, 0.3) is 0 Å². The number of rotatable bonds is 12. The average Bonchev–Trinajstić information content (AvgIpc) is 2.92. The van der Waals surface area contributed by atoms with Gasteiger partial charge >= 0.3 is 0 Å². The first-order valence-electron chi connectivity index (χ1n) is 15.2. The van der Waals surface area contributed by atoms with E-state index >= 15 is 0 Å². The van der Waals surface area contributed by atoms with Gasteiger partial charge in [-0.3, -0.25) is 0 Å². The highest BCUT2D eigenvalue weighted by Crippen LogP contribution is 2.39. The largest absolute Gasteiger partial charge is 0.155 e. The molecule has 0 atom stereocenters. The van der Waals surface area contributed by atoms with Crippen molar-refractivity contribution in [3.8, 4) is 11.3 Å². The Morgan fingerprint density at radius 3 is 1.83 bits per heavy atom. The van der Waals surface area contributed by atoms with Gasteiger partial charge in [-0.25, -0.2) is 0 Å². The van der Waals surface area contributed by atoms with Crippen LogP contribution in [0, 0.1) is 11.8 Å². The van der Waals surface area contributed by atoms with E-state index < -0.39 is 0 Å². The van der Waals surface area contributed by atoms with Crippen molar-refractivity contribution in [2.24, 2.45) is 11.8 Å². The van der Waals surface area contributed by atoms with Crippen molar-refractivity contribution in [1.29, 1.82) is 0 Å². The van der Waals surface area contributed by atoms with Crippen LogP contribution in [0.1, 0.15) is 146 Å². The first-order chi connectivity index (χ1) is 17.3. The summed E-state index contributed by atoms with van der Waals surface area (Å²) in [6, 6.07) is 13.7. The monoisotopic (exact) mass is 474 g/mol. The van der Waals surface area contributed by atoms with Crippen LogP contribution in [0.25, 0.3) is 11.3 Å². The summed E-state index contributed by atoms with van der Waals surface area (Å²) in [4.78, 5) is 0. The van der Waals surface area contributed by atoms with Crippen molar-refractivity contribution >= 4 is 0 Å². The zero-order valence-corrected chi connectivity index (χ0v) is 22.7. The van der Waals surface area contributed by atoms with Gasteiger partial charge in [0, 0.05) is 11.5 Å². The molecule has 0 aliphatic heterocycles.